The molecular formula is C15H15FN4O. The van der Waals surface area contributed by atoms with Gasteiger partial charge in [0, 0.05) is 24.2 Å². The number of anilines is 3. The number of hydrogen-bond acceptors (Lipinski definition) is 4. The van der Waals surface area contributed by atoms with Gasteiger partial charge in [0.1, 0.15) is 6.33 Å². The molecule has 2 N–H and O–H groups in total. The summed E-state index contributed by atoms with van der Waals surface area (Å²) in [5.41, 5.74) is 1.77. The smallest absolute Gasteiger partial charge is 0.221 e. The van der Waals surface area contributed by atoms with E-state index in [9.17, 15) is 9.18 Å². The fourth-order valence-corrected chi connectivity index (χ4v) is 2.13. The van der Waals surface area contributed by atoms with Gasteiger partial charge in [-0.15, -0.1) is 0 Å². The summed E-state index contributed by atoms with van der Waals surface area (Å²) < 4.78 is 14.3. The van der Waals surface area contributed by atoms with Crippen LogP contribution in [0.5, 0.6) is 0 Å². The Morgan fingerprint density at radius 3 is 2.76 bits per heavy atom. The van der Waals surface area contributed by atoms with Gasteiger partial charge in [0.25, 0.3) is 0 Å². The average Bonchev–Trinajstić information content (AvgIpc) is 3.25. The van der Waals surface area contributed by atoms with E-state index in [4.69, 9.17) is 0 Å². The monoisotopic (exact) mass is 286 g/mol. The van der Waals surface area contributed by atoms with Crippen molar-refractivity contribution >= 4 is 23.1 Å². The highest BCUT2D eigenvalue weighted by atomic mass is 19.1. The Hall–Kier alpha value is -2.50. The first-order valence-corrected chi connectivity index (χ1v) is 6.78. The zero-order valence-electron chi connectivity index (χ0n) is 11.6. The summed E-state index contributed by atoms with van der Waals surface area (Å²) in [4.78, 5) is 19.0. The lowest BCUT2D eigenvalue weighted by molar-refractivity contribution is -0.114. The minimum Gasteiger partial charge on any atom is -0.338 e. The molecule has 1 fully saturated rings. The Balaban J connectivity index is 1.83. The zero-order chi connectivity index (χ0) is 14.8. The first-order chi connectivity index (χ1) is 10.1. The van der Waals surface area contributed by atoms with Crippen molar-refractivity contribution in [1.29, 1.82) is 0 Å². The Kier molecular flexibility index (Phi) is 3.51. The van der Waals surface area contributed by atoms with E-state index >= 15 is 0 Å². The molecule has 0 aliphatic heterocycles. The number of carbonyl (C=O) groups excluding carboxylic acids is 1. The molecule has 0 radical (unpaired) electrons. The van der Waals surface area contributed by atoms with Crippen LogP contribution in [0, 0.1) is 5.82 Å². The SMILES string of the molecule is CC(=O)Nc1cccc(Nc2ncnc(C3CC3)c2F)c1. The second-order valence-electron chi connectivity index (χ2n) is 5.08. The first kappa shape index (κ1) is 13.5. The second-order valence-corrected chi connectivity index (χ2v) is 5.08. The molecule has 0 unspecified atom stereocenters. The summed E-state index contributed by atoms with van der Waals surface area (Å²) in [6.45, 7) is 1.44. The molecule has 1 heterocycles. The van der Waals surface area contributed by atoms with Gasteiger partial charge in [-0.2, -0.15) is 0 Å². The Labute approximate surface area is 121 Å². The molecule has 0 saturated heterocycles. The molecule has 1 aromatic carbocycles. The van der Waals surface area contributed by atoms with Crippen LogP contribution in [0.25, 0.3) is 0 Å². The van der Waals surface area contributed by atoms with Crippen molar-refractivity contribution in [2.24, 2.45) is 0 Å². The summed E-state index contributed by atoms with van der Waals surface area (Å²) in [5, 5.41) is 5.61. The Morgan fingerprint density at radius 2 is 2.05 bits per heavy atom. The number of nitrogens with one attached hydrogen (secondary N) is 2. The number of nitrogens with zero attached hydrogens (tertiary/aromatic N) is 2. The van der Waals surface area contributed by atoms with E-state index in [0.29, 0.717) is 17.1 Å². The van der Waals surface area contributed by atoms with Crippen molar-refractivity contribution in [1.82, 2.24) is 9.97 Å². The minimum absolute atomic E-state index is 0.156. The highest BCUT2D eigenvalue weighted by molar-refractivity contribution is 5.89. The van der Waals surface area contributed by atoms with Gasteiger partial charge >= 0.3 is 0 Å². The third-order valence-electron chi connectivity index (χ3n) is 3.23. The van der Waals surface area contributed by atoms with Gasteiger partial charge in [0.15, 0.2) is 11.6 Å². The molecule has 2 aromatic rings. The molecule has 21 heavy (non-hydrogen) atoms. The number of aromatic nitrogens is 2. The van der Waals surface area contributed by atoms with Crippen LogP contribution in [-0.2, 0) is 4.79 Å². The van der Waals surface area contributed by atoms with E-state index < -0.39 is 5.82 Å². The van der Waals surface area contributed by atoms with Gasteiger partial charge in [-0.25, -0.2) is 14.4 Å². The first-order valence-electron chi connectivity index (χ1n) is 6.78. The highest BCUT2D eigenvalue weighted by Crippen LogP contribution is 2.41. The third kappa shape index (κ3) is 3.16. The maximum absolute atomic E-state index is 14.3. The molecule has 108 valence electrons. The highest BCUT2D eigenvalue weighted by Gasteiger charge is 2.29. The van der Waals surface area contributed by atoms with Crippen LogP contribution in [0.2, 0.25) is 0 Å². The van der Waals surface area contributed by atoms with E-state index in [0.717, 1.165) is 12.8 Å². The van der Waals surface area contributed by atoms with Crippen LogP contribution >= 0.6 is 0 Å². The maximum atomic E-state index is 14.3. The van der Waals surface area contributed by atoms with E-state index in [-0.39, 0.29) is 17.6 Å². The molecule has 5 nitrogen and oxygen atoms in total. The van der Waals surface area contributed by atoms with Gasteiger partial charge in [0.2, 0.25) is 5.91 Å². The summed E-state index contributed by atoms with van der Waals surface area (Å²) in [5.74, 6) is -0.174. The normalized spacial score (nSPS) is 13.8. The van der Waals surface area contributed by atoms with E-state index in [1.807, 2.05) is 0 Å². The number of benzene rings is 1. The Morgan fingerprint density at radius 1 is 1.29 bits per heavy atom. The fourth-order valence-electron chi connectivity index (χ4n) is 2.13. The van der Waals surface area contributed by atoms with Crippen molar-refractivity contribution in [3.8, 4) is 0 Å². The van der Waals surface area contributed by atoms with Crippen LogP contribution in [0.15, 0.2) is 30.6 Å². The molecular weight excluding hydrogens is 271 g/mol. The molecule has 3 rings (SSSR count). The van der Waals surface area contributed by atoms with E-state index in [1.54, 1.807) is 24.3 Å². The van der Waals surface area contributed by atoms with E-state index in [1.165, 1.54) is 13.3 Å². The van der Waals surface area contributed by atoms with Gasteiger partial charge in [0.05, 0.1) is 5.69 Å². The van der Waals surface area contributed by atoms with Gasteiger partial charge in [-0.1, -0.05) is 6.07 Å². The van der Waals surface area contributed by atoms with Crippen LogP contribution < -0.4 is 10.6 Å². The van der Waals surface area contributed by atoms with Crippen molar-refractivity contribution in [2.45, 2.75) is 25.7 Å². The predicted octanol–water partition coefficient (Wildman–Crippen LogP) is 3.20. The van der Waals surface area contributed by atoms with Crippen molar-refractivity contribution in [3.05, 3.63) is 42.1 Å². The summed E-state index contributed by atoms with van der Waals surface area (Å²) in [6, 6.07) is 7.04. The third-order valence-corrected chi connectivity index (χ3v) is 3.23. The van der Waals surface area contributed by atoms with Crippen LogP contribution in [0.1, 0.15) is 31.4 Å². The van der Waals surface area contributed by atoms with E-state index in [2.05, 4.69) is 20.6 Å². The average molecular weight is 286 g/mol. The summed E-state index contributed by atoms with van der Waals surface area (Å²) in [6.07, 6.45) is 3.33. The number of rotatable bonds is 4. The summed E-state index contributed by atoms with van der Waals surface area (Å²) >= 11 is 0. The predicted molar refractivity (Wildman–Crippen MR) is 78.0 cm³/mol. The lowest BCUT2D eigenvalue weighted by Crippen LogP contribution is -2.06. The lowest BCUT2D eigenvalue weighted by Gasteiger charge is -2.10. The lowest BCUT2D eigenvalue weighted by atomic mass is 10.2. The number of halogens is 1. The van der Waals surface area contributed by atoms with Crippen molar-refractivity contribution in [3.63, 3.8) is 0 Å². The van der Waals surface area contributed by atoms with Crippen LogP contribution in [0.3, 0.4) is 0 Å². The molecule has 1 aliphatic rings. The zero-order valence-corrected chi connectivity index (χ0v) is 11.6. The molecule has 6 heteroatoms. The van der Waals surface area contributed by atoms with Crippen LogP contribution in [-0.4, -0.2) is 15.9 Å². The largest absolute Gasteiger partial charge is 0.338 e. The topological polar surface area (TPSA) is 66.9 Å². The van der Waals surface area contributed by atoms with Crippen molar-refractivity contribution < 1.29 is 9.18 Å². The number of hydrogen-bond donors (Lipinski definition) is 2. The van der Waals surface area contributed by atoms with Gasteiger partial charge < -0.3 is 10.6 Å². The molecule has 1 aromatic heterocycles. The van der Waals surface area contributed by atoms with Gasteiger partial charge in [-0.05, 0) is 31.0 Å². The minimum atomic E-state index is -0.398. The van der Waals surface area contributed by atoms with Crippen LogP contribution in [0.4, 0.5) is 21.6 Å². The number of amides is 1. The number of carbonyl (C=O) groups is 1. The second kappa shape index (κ2) is 5.47. The fraction of sp³-hybridized carbons (Fsp3) is 0.267. The molecule has 1 amide bonds. The maximum Gasteiger partial charge on any atom is 0.221 e. The molecule has 0 spiro atoms. The molecule has 0 bridgehead atoms. The standard InChI is InChI=1S/C15H15FN4O/c1-9(21)19-11-3-2-4-12(7-11)20-15-13(16)14(10-5-6-10)17-8-18-15/h2-4,7-8,10H,5-6H2,1H3,(H,19,21)(H,17,18,20). The Bertz CT molecular complexity index is 685. The summed E-state index contributed by atoms with van der Waals surface area (Å²) in [7, 11) is 0. The molecule has 1 aliphatic carbocycles. The molecule has 1 saturated carbocycles. The quantitative estimate of drug-likeness (QED) is 0.905. The van der Waals surface area contributed by atoms with Gasteiger partial charge in [-0.3, -0.25) is 4.79 Å². The molecule has 0 atom stereocenters. The van der Waals surface area contributed by atoms with Crippen molar-refractivity contribution in [2.75, 3.05) is 10.6 Å².